The summed E-state index contributed by atoms with van der Waals surface area (Å²) in [5, 5.41) is 2.71. The summed E-state index contributed by atoms with van der Waals surface area (Å²) in [4.78, 5) is 51.3. The van der Waals surface area contributed by atoms with Crippen molar-refractivity contribution in [3.05, 3.63) is 29.8 Å². The Kier molecular flexibility index (Phi) is 6.16. The molecule has 3 rings (SSSR count). The number of thioether (sulfide) groups is 1. The average molecular weight is 420 g/mol. The van der Waals surface area contributed by atoms with E-state index < -0.39 is 24.5 Å². The lowest BCUT2D eigenvalue weighted by molar-refractivity contribution is -0.158. The van der Waals surface area contributed by atoms with Gasteiger partial charge in [0.1, 0.15) is 6.04 Å². The molecular formula is C20H25N3O5S. The number of carbonyl (C=O) groups excluding carboxylic acids is 4. The van der Waals surface area contributed by atoms with Crippen LogP contribution in [0.5, 0.6) is 0 Å². The number of rotatable bonds is 6. The molecule has 1 N–H and O–H groups in total. The first kappa shape index (κ1) is 21.2. The Morgan fingerprint density at radius 2 is 2.00 bits per heavy atom. The lowest BCUT2D eigenvalue weighted by atomic mass is 10.2. The second-order valence-electron chi connectivity index (χ2n) is 7.54. The maximum Gasteiger partial charge on any atom is 0.330 e. The summed E-state index contributed by atoms with van der Waals surface area (Å²) in [6, 6.07) is 6.65. The molecular weight excluding hydrogens is 394 g/mol. The zero-order valence-corrected chi connectivity index (χ0v) is 17.6. The highest BCUT2D eigenvalue weighted by molar-refractivity contribution is 8.01. The number of nitrogens with zero attached hydrogens (tertiary/aromatic N) is 2. The molecule has 9 heteroatoms. The Morgan fingerprint density at radius 3 is 2.69 bits per heavy atom. The summed E-state index contributed by atoms with van der Waals surface area (Å²) in [5.41, 5.74) is 1.72. The second-order valence-corrected chi connectivity index (χ2v) is 9.04. The fourth-order valence-electron chi connectivity index (χ4n) is 3.48. The van der Waals surface area contributed by atoms with Crippen LogP contribution in [0.1, 0.15) is 25.3 Å². The molecule has 156 valence electrons. The van der Waals surface area contributed by atoms with Crippen molar-refractivity contribution in [3.8, 4) is 0 Å². The minimum atomic E-state index is -0.664. The van der Waals surface area contributed by atoms with Gasteiger partial charge in [0.05, 0.1) is 11.4 Å². The van der Waals surface area contributed by atoms with Crippen molar-refractivity contribution in [3.63, 3.8) is 0 Å². The van der Waals surface area contributed by atoms with E-state index in [-0.39, 0.29) is 23.2 Å². The predicted molar refractivity (Wildman–Crippen MR) is 109 cm³/mol. The van der Waals surface area contributed by atoms with E-state index in [4.69, 9.17) is 4.74 Å². The van der Waals surface area contributed by atoms with Gasteiger partial charge in [0.15, 0.2) is 6.61 Å². The van der Waals surface area contributed by atoms with Crippen LogP contribution in [0.15, 0.2) is 24.3 Å². The van der Waals surface area contributed by atoms with Crippen molar-refractivity contribution in [1.82, 2.24) is 9.80 Å². The van der Waals surface area contributed by atoms with Crippen molar-refractivity contribution in [2.75, 3.05) is 31.3 Å². The molecule has 0 aliphatic carbocycles. The van der Waals surface area contributed by atoms with E-state index in [2.05, 4.69) is 5.32 Å². The number of fused-ring (bicyclic) bond motifs is 1. The molecule has 0 unspecified atom stereocenters. The molecule has 2 heterocycles. The summed E-state index contributed by atoms with van der Waals surface area (Å²) in [6.45, 7) is 3.27. The van der Waals surface area contributed by atoms with Gasteiger partial charge in [0.25, 0.3) is 5.91 Å². The number of nitrogens with one attached hydrogen (secondary N) is 1. The number of carbonyl (C=O) groups is 4. The molecule has 2 atom stereocenters. The molecule has 1 aromatic rings. The Labute approximate surface area is 173 Å². The Bertz CT molecular complexity index is 828. The summed E-state index contributed by atoms with van der Waals surface area (Å²) in [5.74, 6) is -1.01. The molecule has 2 aliphatic heterocycles. The zero-order valence-electron chi connectivity index (χ0n) is 16.8. The summed E-state index contributed by atoms with van der Waals surface area (Å²) >= 11 is 1.56. The summed E-state index contributed by atoms with van der Waals surface area (Å²) in [6.07, 6.45) is 1.13. The van der Waals surface area contributed by atoms with Gasteiger partial charge in [-0.2, -0.15) is 0 Å². The van der Waals surface area contributed by atoms with Gasteiger partial charge in [-0.15, -0.1) is 11.8 Å². The van der Waals surface area contributed by atoms with Crippen LogP contribution >= 0.6 is 11.8 Å². The maximum absolute atomic E-state index is 12.4. The fourth-order valence-corrected chi connectivity index (χ4v) is 4.89. The largest absolute Gasteiger partial charge is 0.454 e. The first-order valence-corrected chi connectivity index (χ1v) is 10.4. The van der Waals surface area contributed by atoms with Gasteiger partial charge in [-0.3, -0.25) is 14.4 Å². The van der Waals surface area contributed by atoms with Crippen LogP contribution in [0.25, 0.3) is 0 Å². The first-order chi connectivity index (χ1) is 13.7. The molecule has 3 amide bonds. The monoisotopic (exact) mass is 419 g/mol. The third-order valence-corrected chi connectivity index (χ3v) is 6.70. The molecule has 2 fully saturated rings. The molecule has 0 spiro atoms. The van der Waals surface area contributed by atoms with Gasteiger partial charge in [0, 0.05) is 24.9 Å². The van der Waals surface area contributed by atoms with Crippen LogP contribution in [0, 0.1) is 6.92 Å². The van der Waals surface area contributed by atoms with Gasteiger partial charge < -0.3 is 19.9 Å². The molecule has 0 bridgehead atoms. The molecule has 8 nitrogen and oxygen atoms in total. The fraction of sp³-hybridized carbons (Fsp3) is 0.500. The molecule has 2 aliphatic rings. The average Bonchev–Trinajstić information content (AvgIpc) is 3.17. The Hall–Kier alpha value is -2.55. The number of hydrogen-bond acceptors (Lipinski definition) is 6. The number of benzene rings is 1. The van der Waals surface area contributed by atoms with E-state index in [0.29, 0.717) is 24.3 Å². The van der Waals surface area contributed by atoms with Crippen LogP contribution in [-0.4, -0.2) is 70.4 Å². The number of amides is 3. The number of likely N-dealkylation sites (N-methyl/N-ethyl adjacent to an activating group) is 1. The van der Waals surface area contributed by atoms with E-state index in [1.54, 1.807) is 28.8 Å². The zero-order chi connectivity index (χ0) is 21.2. The van der Waals surface area contributed by atoms with Crippen LogP contribution in [0.4, 0.5) is 5.69 Å². The van der Waals surface area contributed by atoms with Crippen LogP contribution < -0.4 is 5.32 Å². The Morgan fingerprint density at radius 1 is 1.31 bits per heavy atom. The van der Waals surface area contributed by atoms with Gasteiger partial charge in [-0.05, 0) is 32.4 Å². The molecule has 2 saturated heterocycles. The molecule has 29 heavy (non-hydrogen) atoms. The van der Waals surface area contributed by atoms with Crippen LogP contribution in [0.3, 0.4) is 0 Å². The molecule has 0 aromatic heterocycles. The lowest BCUT2D eigenvalue weighted by Crippen LogP contribution is -2.47. The van der Waals surface area contributed by atoms with E-state index in [1.165, 1.54) is 11.9 Å². The highest BCUT2D eigenvalue weighted by atomic mass is 32.2. The maximum atomic E-state index is 12.4. The van der Waals surface area contributed by atoms with Crippen molar-refractivity contribution < 1.29 is 23.9 Å². The SMILES string of the molecule is Cc1ccc(NC(=O)CN(C)C(=O)COC(=O)[C@H]2CS[C@]3(C)CCC(=O)N23)cc1. The second kappa shape index (κ2) is 8.44. The standard InChI is InChI=1S/C20H25N3O5S/c1-13-4-6-14(7-5-13)21-16(24)10-22(3)18(26)11-28-19(27)15-12-29-20(2)9-8-17(25)23(15)20/h4-7,15H,8-12H2,1-3H3,(H,21,24)/t15-,20-/m1/s1. The highest BCUT2D eigenvalue weighted by Gasteiger charge is 2.53. The number of anilines is 1. The smallest absolute Gasteiger partial charge is 0.330 e. The van der Waals surface area contributed by atoms with Gasteiger partial charge in [0.2, 0.25) is 11.8 Å². The summed E-state index contributed by atoms with van der Waals surface area (Å²) in [7, 11) is 1.47. The van der Waals surface area contributed by atoms with E-state index in [0.717, 1.165) is 5.56 Å². The van der Waals surface area contributed by atoms with Gasteiger partial charge in [-0.1, -0.05) is 17.7 Å². The first-order valence-electron chi connectivity index (χ1n) is 9.43. The molecule has 1 aromatic carbocycles. The van der Waals surface area contributed by atoms with Crippen molar-refractivity contribution in [2.45, 2.75) is 37.6 Å². The number of esters is 1. The minimum absolute atomic E-state index is 0.0596. The van der Waals surface area contributed by atoms with Crippen LogP contribution in [0.2, 0.25) is 0 Å². The highest BCUT2D eigenvalue weighted by Crippen LogP contribution is 2.47. The normalized spacial score (nSPS) is 22.9. The number of ether oxygens (including phenoxy) is 1. The van der Waals surface area contributed by atoms with Crippen molar-refractivity contribution in [2.24, 2.45) is 0 Å². The van der Waals surface area contributed by atoms with E-state index >= 15 is 0 Å². The van der Waals surface area contributed by atoms with E-state index in [9.17, 15) is 19.2 Å². The molecule has 0 radical (unpaired) electrons. The minimum Gasteiger partial charge on any atom is -0.454 e. The van der Waals surface area contributed by atoms with Gasteiger partial charge in [-0.25, -0.2) is 4.79 Å². The quantitative estimate of drug-likeness (QED) is 0.700. The third kappa shape index (κ3) is 4.72. The van der Waals surface area contributed by atoms with Gasteiger partial charge >= 0.3 is 5.97 Å². The summed E-state index contributed by atoms with van der Waals surface area (Å²) < 4.78 is 5.15. The number of hydrogen-bond donors (Lipinski definition) is 1. The van der Waals surface area contributed by atoms with Crippen LogP contribution in [-0.2, 0) is 23.9 Å². The molecule has 0 saturated carbocycles. The van der Waals surface area contributed by atoms with Crippen molar-refractivity contribution >= 4 is 41.1 Å². The van der Waals surface area contributed by atoms with Crippen molar-refractivity contribution in [1.29, 1.82) is 0 Å². The third-order valence-electron chi connectivity index (χ3n) is 5.20. The number of aryl methyl sites for hydroxylation is 1. The van der Waals surface area contributed by atoms with E-state index in [1.807, 2.05) is 26.0 Å². The Balaban J connectivity index is 1.46. The predicted octanol–water partition coefficient (Wildman–Crippen LogP) is 1.39. The lowest BCUT2D eigenvalue weighted by Gasteiger charge is -2.29. The topological polar surface area (TPSA) is 96.0 Å².